The lowest BCUT2D eigenvalue weighted by molar-refractivity contribution is -0.116. The van der Waals surface area contributed by atoms with E-state index in [0.29, 0.717) is 30.6 Å². The molecule has 0 bridgehead atoms. The average Bonchev–Trinajstić information content (AvgIpc) is 3.23. The fraction of sp³-hybridized carbons (Fsp3) is 0.438. The highest BCUT2D eigenvalue weighted by Gasteiger charge is 2.39. The Hall–Kier alpha value is -2.42. The average molecular weight is 302 g/mol. The zero-order valence-electron chi connectivity index (χ0n) is 12.8. The highest BCUT2D eigenvalue weighted by molar-refractivity contribution is 5.91. The Bertz CT molecular complexity index is 628. The maximum Gasteiger partial charge on any atom is 0.224 e. The van der Waals surface area contributed by atoms with Crippen molar-refractivity contribution in [2.24, 2.45) is 10.2 Å². The van der Waals surface area contributed by atoms with Gasteiger partial charge in [-0.15, -0.1) is 12.3 Å². The molecular weight excluding hydrogens is 283 g/mol. The van der Waals surface area contributed by atoms with Crippen molar-refractivity contribution in [3.63, 3.8) is 0 Å². The summed E-state index contributed by atoms with van der Waals surface area (Å²) in [6.07, 6.45) is 7.28. The fourth-order valence-corrected chi connectivity index (χ4v) is 2.15. The van der Waals surface area contributed by atoms with E-state index >= 15 is 0 Å². The van der Waals surface area contributed by atoms with Gasteiger partial charge in [-0.05, 0) is 18.2 Å². The van der Waals surface area contributed by atoms with Gasteiger partial charge < -0.3 is 10.2 Å². The summed E-state index contributed by atoms with van der Waals surface area (Å²) < 4.78 is 13.8. The molecule has 0 radical (unpaired) electrons. The van der Waals surface area contributed by atoms with Crippen LogP contribution in [0.5, 0.6) is 0 Å². The van der Waals surface area contributed by atoms with Crippen LogP contribution in [-0.4, -0.2) is 25.7 Å². The van der Waals surface area contributed by atoms with Gasteiger partial charge in [0.1, 0.15) is 5.82 Å². The van der Waals surface area contributed by atoms with Gasteiger partial charge >= 0.3 is 0 Å². The van der Waals surface area contributed by atoms with E-state index in [1.807, 2.05) is 0 Å². The van der Waals surface area contributed by atoms with E-state index in [4.69, 9.17) is 6.42 Å². The Balaban J connectivity index is 1.85. The van der Waals surface area contributed by atoms with Crippen LogP contribution < -0.4 is 10.2 Å². The molecule has 22 heavy (non-hydrogen) atoms. The molecule has 116 valence electrons. The molecule has 1 aromatic rings. The summed E-state index contributed by atoms with van der Waals surface area (Å²) in [5.41, 5.74) is 0.446. The van der Waals surface area contributed by atoms with Crippen LogP contribution in [0.1, 0.15) is 25.7 Å². The molecule has 0 aliphatic carbocycles. The number of carbonyl (C=O) groups is 1. The number of halogens is 1. The molecule has 5 nitrogen and oxygen atoms in total. The highest BCUT2D eigenvalue weighted by Crippen LogP contribution is 2.37. The normalized spacial score (nSPS) is 14.3. The van der Waals surface area contributed by atoms with Crippen molar-refractivity contribution >= 4 is 17.3 Å². The Morgan fingerprint density at radius 1 is 1.41 bits per heavy atom. The number of benzene rings is 1. The second kappa shape index (κ2) is 6.56. The summed E-state index contributed by atoms with van der Waals surface area (Å²) in [7, 11) is 3.52. The van der Waals surface area contributed by atoms with E-state index in [0.717, 1.165) is 0 Å². The van der Waals surface area contributed by atoms with Gasteiger partial charge in [-0.2, -0.15) is 10.2 Å². The van der Waals surface area contributed by atoms with E-state index in [9.17, 15) is 9.18 Å². The van der Waals surface area contributed by atoms with E-state index in [-0.39, 0.29) is 18.1 Å². The quantitative estimate of drug-likeness (QED) is 0.786. The lowest BCUT2D eigenvalue weighted by atomic mass is 10.0. The summed E-state index contributed by atoms with van der Waals surface area (Å²) in [6.45, 7) is 0. The molecule has 0 spiro atoms. The van der Waals surface area contributed by atoms with Crippen molar-refractivity contribution in [1.82, 2.24) is 0 Å². The van der Waals surface area contributed by atoms with E-state index in [2.05, 4.69) is 21.5 Å². The van der Waals surface area contributed by atoms with Gasteiger partial charge in [-0.3, -0.25) is 4.79 Å². The standard InChI is InChI=1S/C16H19FN4O/c1-4-5-9-16(19-20-16)10-8-15(22)18-12-6-7-14(21(2)3)13(17)11-12/h1,6-7,11H,5,8-10H2,2-3H3,(H,18,22). The number of anilines is 2. The zero-order valence-corrected chi connectivity index (χ0v) is 12.8. The first kappa shape index (κ1) is 16.0. The molecule has 0 fully saturated rings. The van der Waals surface area contributed by atoms with Crippen molar-refractivity contribution < 1.29 is 9.18 Å². The number of rotatable bonds is 7. The molecular formula is C16H19FN4O. The smallest absolute Gasteiger partial charge is 0.224 e. The Morgan fingerprint density at radius 2 is 2.14 bits per heavy atom. The number of nitrogens with one attached hydrogen (secondary N) is 1. The molecule has 0 unspecified atom stereocenters. The largest absolute Gasteiger partial charge is 0.375 e. The Labute approximate surface area is 129 Å². The first-order chi connectivity index (χ1) is 10.5. The zero-order chi connectivity index (χ0) is 16.2. The summed E-state index contributed by atoms with van der Waals surface area (Å²) in [4.78, 5) is 13.6. The number of terminal acetylenes is 1. The number of hydrogen-bond donors (Lipinski definition) is 1. The molecule has 1 amide bonds. The molecule has 1 heterocycles. The second-order valence-electron chi connectivity index (χ2n) is 5.50. The lowest BCUT2D eigenvalue weighted by Gasteiger charge is -2.14. The molecule has 0 saturated carbocycles. The maximum absolute atomic E-state index is 13.8. The molecule has 1 aromatic carbocycles. The monoisotopic (exact) mass is 302 g/mol. The van der Waals surface area contributed by atoms with Crippen LogP contribution in [0.25, 0.3) is 0 Å². The van der Waals surface area contributed by atoms with E-state index in [1.165, 1.54) is 6.07 Å². The molecule has 0 aromatic heterocycles. The molecule has 2 rings (SSSR count). The van der Waals surface area contributed by atoms with Crippen molar-refractivity contribution in [2.75, 3.05) is 24.3 Å². The lowest BCUT2D eigenvalue weighted by Crippen LogP contribution is -2.18. The van der Waals surface area contributed by atoms with Gasteiger partial charge in [0.25, 0.3) is 0 Å². The topological polar surface area (TPSA) is 57.1 Å². The van der Waals surface area contributed by atoms with Crippen molar-refractivity contribution in [3.8, 4) is 12.3 Å². The number of carbonyl (C=O) groups excluding carboxylic acids is 1. The van der Waals surface area contributed by atoms with Crippen LogP contribution in [0.3, 0.4) is 0 Å². The van der Waals surface area contributed by atoms with Crippen LogP contribution in [0.4, 0.5) is 15.8 Å². The summed E-state index contributed by atoms with van der Waals surface area (Å²) >= 11 is 0. The summed E-state index contributed by atoms with van der Waals surface area (Å²) in [6, 6.07) is 4.62. The van der Waals surface area contributed by atoms with Gasteiger partial charge in [-0.1, -0.05) is 0 Å². The minimum absolute atomic E-state index is 0.186. The number of amides is 1. The molecule has 0 atom stereocenters. The third-order valence-corrected chi connectivity index (χ3v) is 3.52. The SMILES string of the molecule is C#CCCC1(CCC(=O)Nc2ccc(N(C)C)c(F)c2)N=N1. The highest BCUT2D eigenvalue weighted by atomic mass is 19.1. The molecule has 6 heteroatoms. The fourth-order valence-electron chi connectivity index (χ4n) is 2.15. The Morgan fingerprint density at radius 3 is 2.68 bits per heavy atom. The van der Waals surface area contributed by atoms with Gasteiger partial charge in [0.15, 0.2) is 5.66 Å². The third-order valence-electron chi connectivity index (χ3n) is 3.52. The van der Waals surface area contributed by atoms with Gasteiger partial charge in [0.2, 0.25) is 5.91 Å². The number of nitrogens with zero attached hydrogens (tertiary/aromatic N) is 3. The number of hydrogen-bond acceptors (Lipinski definition) is 4. The van der Waals surface area contributed by atoms with E-state index < -0.39 is 5.66 Å². The van der Waals surface area contributed by atoms with Gasteiger partial charge in [0.05, 0.1) is 5.69 Å². The molecule has 1 aliphatic heterocycles. The predicted molar refractivity (Wildman–Crippen MR) is 84.2 cm³/mol. The first-order valence-corrected chi connectivity index (χ1v) is 7.10. The second-order valence-corrected chi connectivity index (χ2v) is 5.50. The Kier molecular flexibility index (Phi) is 4.76. The van der Waals surface area contributed by atoms with E-state index in [1.54, 1.807) is 31.1 Å². The van der Waals surface area contributed by atoms with Crippen molar-refractivity contribution in [2.45, 2.75) is 31.3 Å². The maximum atomic E-state index is 13.8. The first-order valence-electron chi connectivity index (χ1n) is 7.10. The van der Waals surface area contributed by atoms with Crippen LogP contribution >= 0.6 is 0 Å². The van der Waals surface area contributed by atoms with Crippen LogP contribution in [-0.2, 0) is 4.79 Å². The third kappa shape index (κ3) is 4.04. The minimum atomic E-state index is -0.469. The summed E-state index contributed by atoms with van der Waals surface area (Å²) in [5, 5.41) is 10.6. The minimum Gasteiger partial charge on any atom is -0.375 e. The summed E-state index contributed by atoms with van der Waals surface area (Å²) in [5.74, 6) is 1.99. The molecule has 0 saturated heterocycles. The van der Waals surface area contributed by atoms with Crippen LogP contribution in [0.2, 0.25) is 0 Å². The van der Waals surface area contributed by atoms with Crippen molar-refractivity contribution in [3.05, 3.63) is 24.0 Å². The van der Waals surface area contributed by atoms with Gasteiger partial charge in [-0.25, -0.2) is 4.39 Å². The predicted octanol–water partition coefficient (Wildman–Crippen LogP) is 3.19. The van der Waals surface area contributed by atoms with Crippen LogP contribution in [0.15, 0.2) is 28.4 Å². The van der Waals surface area contributed by atoms with Gasteiger partial charge in [0, 0.05) is 45.5 Å². The molecule has 1 aliphatic rings. The van der Waals surface area contributed by atoms with Crippen LogP contribution in [0, 0.1) is 18.2 Å². The van der Waals surface area contributed by atoms with Crippen molar-refractivity contribution in [1.29, 1.82) is 0 Å². The molecule has 1 N–H and O–H groups in total.